The number of anilines is 1. The number of benzene rings is 1. The predicted octanol–water partition coefficient (Wildman–Crippen LogP) is 3.23. The lowest BCUT2D eigenvalue weighted by Crippen LogP contribution is -2.31. The number of aryl methyl sites for hydroxylation is 1. The molecular formula is C18H19N3O3S. The van der Waals surface area contributed by atoms with Crippen LogP contribution in [0.4, 0.5) is 5.69 Å². The number of nitrogens with one attached hydrogen (secondary N) is 1. The standard InChI is InChI=1S/C18H19N3O3S/c1-4-12-9-13-17(25-12)19-10-21(18(13)23)11(2)16(22)20-14-7-5-6-8-15(14)24-3/h5-11H,4H2,1-3H3,(H,20,22). The van der Waals surface area contributed by atoms with Crippen LogP contribution in [0.1, 0.15) is 24.8 Å². The maximum absolute atomic E-state index is 12.7. The molecule has 6 nitrogen and oxygen atoms in total. The summed E-state index contributed by atoms with van der Waals surface area (Å²) < 4.78 is 6.59. The number of hydrogen-bond donors (Lipinski definition) is 1. The van der Waals surface area contributed by atoms with Gasteiger partial charge in [0.15, 0.2) is 0 Å². The minimum atomic E-state index is -0.695. The molecule has 25 heavy (non-hydrogen) atoms. The molecule has 0 radical (unpaired) electrons. The van der Waals surface area contributed by atoms with Crippen molar-refractivity contribution >= 4 is 33.1 Å². The molecule has 1 atom stereocenters. The highest BCUT2D eigenvalue weighted by Gasteiger charge is 2.19. The van der Waals surface area contributed by atoms with Gasteiger partial charge >= 0.3 is 0 Å². The molecule has 1 aromatic carbocycles. The van der Waals surface area contributed by atoms with Gasteiger partial charge < -0.3 is 10.1 Å². The second-order valence-electron chi connectivity index (χ2n) is 5.61. The van der Waals surface area contributed by atoms with E-state index >= 15 is 0 Å². The van der Waals surface area contributed by atoms with Gasteiger partial charge in [0, 0.05) is 4.88 Å². The Kier molecular flexibility index (Phi) is 4.85. The molecule has 0 bridgehead atoms. The first-order valence-electron chi connectivity index (χ1n) is 7.98. The Morgan fingerprint density at radius 3 is 2.88 bits per heavy atom. The second-order valence-corrected chi connectivity index (χ2v) is 6.72. The number of para-hydroxylation sites is 2. The van der Waals surface area contributed by atoms with E-state index in [2.05, 4.69) is 10.3 Å². The van der Waals surface area contributed by atoms with Gasteiger partial charge in [0.05, 0.1) is 24.5 Å². The smallest absolute Gasteiger partial charge is 0.262 e. The van der Waals surface area contributed by atoms with E-state index in [1.807, 2.05) is 19.1 Å². The number of thiophene rings is 1. The molecule has 3 rings (SSSR count). The molecule has 3 aromatic rings. The molecule has 1 amide bonds. The molecule has 0 spiro atoms. The zero-order chi connectivity index (χ0) is 18.0. The highest BCUT2D eigenvalue weighted by molar-refractivity contribution is 7.18. The molecule has 130 valence electrons. The number of carbonyl (C=O) groups is 1. The highest BCUT2D eigenvalue weighted by Crippen LogP contribution is 2.25. The van der Waals surface area contributed by atoms with E-state index in [1.54, 1.807) is 32.2 Å². The average Bonchev–Trinajstić information content (AvgIpc) is 3.06. The van der Waals surface area contributed by atoms with Gasteiger partial charge in [-0.1, -0.05) is 19.1 Å². The molecule has 1 unspecified atom stereocenters. The Hall–Kier alpha value is -2.67. The van der Waals surface area contributed by atoms with E-state index in [0.29, 0.717) is 21.7 Å². The van der Waals surface area contributed by atoms with Crippen LogP contribution in [0.2, 0.25) is 0 Å². The molecule has 0 aliphatic heterocycles. The summed E-state index contributed by atoms with van der Waals surface area (Å²) in [6.07, 6.45) is 2.29. The van der Waals surface area contributed by atoms with Crippen LogP contribution in [0.3, 0.4) is 0 Å². The number of ether oxygens (including phenoxy) is 1. The van der Waals surface area contributed by atoms with Gasteiger partial charge in [-0.15, -0.1) is 11.3 Å². The van der Waals surface area contributed by atoms with Crippen molar-refractivity contribution in [1.29, 1.82) is 0 Å². The highest BCUT2D eigenvalue weighted by atomic mass is 32.1. The van der Waals surface area contributed by atoms with E-state index in [-0.39, 0.29) is 11.5 Å². The van der Waals surface area contributed by atoms with Crippen LogP contribution in [-0.2, 0) is 11.2 Å². The molecule has 2 aromatic heterocycles. The second kappa shape index (κ2) is 7.06. The third kappa shape index (κ3) is 3.28. The SMILES string of the molecule is CCc1cc2c(=O)n(C(C)C(=O)Nc3ccccc3OC)cnc2s1. The zero-order valence-electron chi connectivity index (χ0n) is 14.3. The van der Waals surface area contributed by atoms with E-state index < -0.39 is 6.04 Å². The number of nitrogens with zero attached hydrogens (tertiary/aromatic N) is 2. The van der Waals surface area contributed by atoms with E-state index in [0.717, 1.165) is 11.3 Å². The molecular weight excluding hydrogens is 338 g/mol. The molecule has 0 aliphatic carbocycles. The van der Waals surface area contributed by atoms with Crippen LogP contribution in [-0.4, -0.2) is 22.6 Å². The first kappa shape index (κ1) is 17.2. The number of carbonyl (C=O) groups excluding carboxylic acids is 1. The molecule has 7 heteroatoms. The van der Waals surface area contributed by atoms with Crippen LogP contribution in [0.5, 0.6) is 5.75 Å². The number of rotatable bonds is 5. The Bertz CT molecular complexity index is 977. The molecule has 0 aliphatic rings. The van der Waals surface area contributed by atoms with E-state index in [4.69, 9.17) is 4.74 Å². The third-order valence-electron chi connectivity index (χ3n) is 4.04. The van der Waals surface area contributed by atoms with Gasteiger partial charge in [0.2, 0.25) is 5.91 Å². The number of aromatic nitrogens is 2. The topological polar surface area (TPSA) is 73.2 Å². The summed E-state index contributed by atoms with van der Waals surface area (Å²) in [6.45, 7) is 3.71. The fourth-order valence-electron chi connectivity index (χ4n) is 2.55. The van der Waals surface area contributed by atoms with Crippen LogP contribution in [0.15, 0.2) is 41.5 Å². The molecule has 0 saturated heterocycles. The molecule has 0 saturated carbocycles. The van der Waals surface area contributed by atoms with Gasteiger partial charge in [0.1, 0.15) is 16.6 Å². The van der Waals surface area contributed by atoms with E-state index in [9.17, 15) is 9.59 Å². The van der Waals surface area contributed by atoms with Crippen LogP contribution >= 0.6 is 11.3 Å². The van der Waals surface area contributed by atoms with Crippen molar-refractivity contribution in [3.8, 4) is 5.75 Å². The first-order valence-corrected chi connectivity index (χ1v) is 8.80. The van der Waals surface area contributed by atoms with Crippen LogP contribution in [0.25, 0.3) is 10.2 Å². The average molecular weight is 357 g/mol. The van der Waals surface area contributed by atoms with Crippen molar-refractivity contribution in [2.45, 2.75) is 26.3 Å². The van der Waals surface area contributed by atoms with Gasteiger partial charge in [-0.25, -0.2) is 4.98 Å². The van der Waals surface area contributed by atoms with Gasteiger partial charge in [-0.3, -0.25) is 14.2 Å². The first-order chi connectivity index (χ1) is 12.0. The lowest BCUT2D eigenvalue weighted by atomic mass is 10.2. The number of fused-ring (bicyclic) bond motifs is 1. The molecule has 0 fully saturated rings. The summed E-state index contributed by atoms with van der Waals surface area (Å²) in [7, 11) is 1.54. The van der Waals surface area contributed by atoms with Gasteiger partial charge in [0.25, 0.3) is 5.56 Å². The van der Waals surface area contributed by atoms with Crippen LogP contribution < -0.4 is 15.6 Å². The summed E-state index contributed by atoms with van der Waals surface area (Å²) in [5.41, 5.74) is 0.358. The predicted molar refractivity (Wildman–Crippen MR) is 99.6 cm³/mol. The number of methoxy groups -OCH3 is 1. The van der Waals surface area contributed by atoms with Crippen LogP contribution in [0, 0.1) is 0 Å². The molecule has 1 N–H and O–H groups in total. The maximum atomic E-state index is 12.7. The number of amides is 1. The van der Waals surface area contributed by atoms with Crippen molar-refractivity contribution in [3.63, 3.8) is 0 Å². The van der Waals surface area contributed by atoms with Crippen molar-refractivity contribution in [2.24, 2.45) is 0 Å². The van der Waals surface area contributed by atoms with Crippen molar-refractivity contribution in [2.75, 3.05) is 12.4 Å². The van der Waals surface area contributed by atoms with E-state index in [1.165, 1.54) is 22.2 Å². The minimum Gasteiger partial charge on any atom is -0.495 e. The quantitative estimate of drug-likeness (QED) is 0.761. The summed E-state index contributed by atoms with van der Waals surface area (Å²) in [4.78, 5) is 31.4. The lowest BCUT2D eigenvalue weighted by Gasteiger charge is -2.16. The van der Waals surface area contributed by atoms with Crippen molar-refractivity contribution in [3.05, 3.63) is 51.9 Å². The van der Waals surface area contributed by atoms with Gasteiger partial charge in [-0.2, -0.15) is 0 Å². The minimum absolute atomic E-state index is 0.205. The molecule has 2 heterocycles. The monoisotopic (exact) mass is 357 g/mol. The Morgan fingerprint density at radius 2 is 2.16 bits per heavy atom. The Balaban J connectivity index is 1.91. The fourth-order valence-corrected chi connectivity index (χ4v) is 3.47. The Morgan fingerprint density at radius 1 is 1.40 bits per heavy atom. The third-order valence-corrected chi connectivity index (χ3v) is 5.23. The fraction of sp³-hybridized carbons (Fsp3) is 0.278. The Labute approximate surface area is 149 Å². The van der Waals surface area contributed by atoms with Gasteiger partial charge in [-0.05, 0) is 31.5 Å². The summed E-state index contributed by atoms with van der Waals surface area (Å²) in [5, 5.41) is 3.36. The largest absolute Gasteiger partial charge is 0.495 e. The zero-order valence-corrected chi connectivity index (χ0v) is 15.1. The maximum Gasteiger partial charge on any atom is 0.262 e. The summed E-state index contributed by atoms with van der Waals surface area (Å²) in [5.74, 6) is 0.257. The summed E-state index contributed by atoms with van der Waals surface area (Å²) >= 11 is 1.51. The lowest BCUT2D eigenvalue weighted by molar-refractivity contribution is -0.118. The number of hydrogen-bond acceptors (Lipinski definition) is 5. The normalized spacial score (nSPS) is 12.1. The summed E-state index contributed by atoms with van der Waals surface area (Å²) in [6, 6.07) is 8.30. The van der Waals surface area contributed by atoms with Crippen molar-refractivity contribution in [1.82, 2.24) is 9.55 Å². The van der Waals surface area contributed by atoms with Crippen molar-refractivity contribution < 1.29 is 9.53 Å².